The fourth-order valence-electron chi connectivity index (χ4n) is 2.83. The molecule has 0 spiro atoms. The van der Waals surface area contributed by atoms with Crippen LogP contribution in [0.4, 0.5) is 4.39 Å². The third kappa shape index (κ3) is 2.99. The smallest absolute Gasteiger partial charge is 0.272 e. The molecule has 130 valence electrons. The first kappa shape index (κ1) is 16.5. The van der Waals surface area contributed by atoms with Gasteiger partial charge in [0.25, 0.3) is 5.91 Å². The zero-order chi connectivity index (χ0) is 18.3. The number of fused-ring (bicyclic) bond motifs is 2. The lowest BCUT2D eigenvalue weighted by Crippen LogP contribution is -2.27. The van der Waals surface area contributed by atoms with Crippen LogP contribution in [-0.4, -0.2) is 32.8 Å². The Balaban J connectivity index is 1.59. The highest BCUT2D eigenvalue weighted by atomic mass is 35.5. The van der Waals surface area contributed by atoms with Gasteiger partial charge in [-0.3, -0.25) is 4.79 Å². The Morgan fingerprint density at radius 1 is 1.19 bits per heavy atom. The van der Waals surface area contributed by atoms with Crippen molar-refractivity contribution in [1.82, 2.24) is 19.9 Å². The molecule has 7 heteroatoms. The zero-order valence-corrected chi connectivity index (χ0v) is 14.6. The number of amides is 1. The van der Waals surface area contributed by atoms with Gasteiger partial charge in [0.15, 0.2) is 0 Å². The topological polar surface area (TPSA) is 61.9 Å². The molecular weight excluding hydrogens is 355 g/mol. The number of para-hydroxylation sites is 1. The Labute approximate surface area is 153 Å². The number of hydrogen-bond donors (Lipinski definition) is 1. The van der Waals surface area contributed by atoms with Gasteiger partial charge in [0, 0.05) is 17.5 Å². The molecule has 1 N–H and O–H groups in total. The first-order valence-electron chi connectivity index (χ1n) is 7.96. The van der Waals surface area contributed by atoms with E-state index in [1.54, 1.807) is 43.4 Å². The minimum atomic E-state index is -0.450. The summed E-state index contributed by atoms with van der Waals surface area (Å²) in [5.41, 5.74) is 1.95. The molecule has 2 heterocycles. The summed E-state index contributed by atoms with van der Waals surface area (Å²) in [5.74, 6) is -0.132. The van der Waals surface area contributed by atoms with Crippen LogP contribution in [0.15, 0.2) is 48.5 Å². The van der Waals surface area contributed by atoms with E-state index in [4.69, 9.17) is 11.6 Å². The molecule has 0 aliphatic rings. The Hall–Kier alpha value is -2.99. The van der Waals surface area contributed by atoms with E-state index in [0.717, 1.165) is 11.0 Å². The van der Waals surface area contributed by atoms with Crippen LogP contribution in [0.3, 0.4) is 0 Å². The average Bonchev–Trinajstić information content (AvgIpc) is 3.02. The monoisotopic (exact) mass is 368 g/mol. The number of H-pyrrole nitrogens is 1. The van der Waals surface area contributed by atoms with Gasteiger partial charge in [0.05, 0.1) is 17.6 Å². The maximum absolute atomic E-state index is 13.9. The molecule has 26 heavy (non-hydrogen) atoms. The molecular formula is C19H14ClFN4O. The highest BCUT2D eigenvalue weighted by Gasteiger charge is 2.16. The predicted molar refractivity (Wildman–Crippen MR) is 98.6 cm³/mol. The van der Waals surface area contributed by atoms with E-state index >= 15 is 0 Å². The maximum Gasteiger partial charge on any atom is 0.272 e. The fourth-order valence-corrected chi connectivity index (χ4v) is 3.00. The number of imidazole rings is 1. The van der Waals surface area contributed by atoms with Crippen molar-refractivity contribution in [2.45, 2.75) is 6.54 Å². The van der Waals surface area contributed by atoms with Crippen molar-refractivity contribution in [3.8, 4) is 0 Å². The van der Waals surface area contributed by atoms with Gasteiger partial charge in [-0.1, -0.05) is 29.8 Å². The van der Waals surface area contributed by atoms with Crippen molar-refractivity contribution >= 4 is 39.4 Å². The van der Waals surface area contributed by atoms with Gasteiger partial charge in [-0.2, -0.15) is 0 Å². The molecule has 0 unspecified atom stereocenters. The third-order valence-electron chi connectivity index (χ3n) is 4.12. The van der Waals surface area contributed by atoms with E-state index in [9.17, 15) is 9.18 Å². The molecule has 2 aromatic heterocycles. The normalized spacial score (nSPS) is 11.2. The summed E-state index contributed by atoms with van der Waals surface area (Å²) in [5, 5.41) is 1.26. The first-order valence-corrected chi connectivity index (χ1v) is 8.34. The quantitative estimate of drug-likeness (QED) is 0.590. The lowest BCUT2D eigenvalue weighted by Gasteiger charge is -2.15. The zero-order valence-electron chi connectivity index (χ0n) is 13.8. The largest absolute Gasteiger partial charge is 0.340 e. The minimum Gasteiger partial charge on any atom is -0.340 e. The second kappa shape index (κ2) is 6.38. The fraction of sp³-hybridized carbons (Fsp3) is 0.105. The maximum atomic E-state index is 13.9. The molecule has 0 aliphatic heterocycles. The molecule has 5 nitrogen and oxygen atoms in total. The number of carbonyl (C=O) groups excluding carboxylic acids is 1. The van der Waals surface area contributed by atoms with E-state index in [1.807, 2.05) is 6.07 Å². The molecule has 0 saturated heterocycles. The van der Waals surface area contributed by atoms with Crippen molar-refractivity contribution in [3.05, 3.63) is 70.9 Å². The summed E-state index contributed by atoms with van der Waals surface area (Å²) in [6.45, 7) is 0.266. The van der Waals surface area contributed by atoms with Gasteiger partial charge in [0.2, 0.25) is 0 Å². The number of nitrogens with zero attached hydrogens (tertiary/aromatic N) is 3. The van der Waals surface area contributed by atoms with Crippen LogP contribution in [0, 0.1) is 5.82 Å². The number of benzene rings is 2. The Bertz CT molecular complexity index is 1140. The number of halogens is 2. The SMILES string of the molecule is CN(Cc1nc2ccc(Cl)cc2[nH]1)C(=O)c1ccc2cccc(F)c2n1. The average molecular weight is 369 g/mol. The molecule has 0 aliphatic carbocycles. The second-order valence-electron chi connectivity index (χ2n) is 6.01. The van der Waals surface area contributed by atoms with Crippen LogP contribution in [-0.2, 0) is 6.54 Å². The first-order chi connectivity index (χ1) is 12.5. The number of hydrogen-bond acceptors (Lipinski definition) is 3. The molecule has 0 fully saturated rings. The highest BCUT2D eigenvalue weighted by molar-refractivity contribution is 6.31. The van der Waals surface area contributed by atoms with Gasteiger partial charge in [-0.05, 0) is 30.3 Å². The summed E-state index contributed by atoms with van der Waals surface area (Å²) in [7, 11) is 1.65. The molecule has 4 aromatic rings. The molecule has 0 bridgehead atoms. The van der Waals surface area contributed by atoms with Gasteiger partial charge < -0.3 is 9.88 Å². The van der Waals surface area contributed by atoms with Gasteiger partial charge in [-0.15, -0.1) is 0 Å². The van der Waals surface area contributed by atoms with Gasteiger partial charge in [0.1, 0.15) is 22.9 Å². The van der Waals surface area contributed by atoms with Gasteiger partial charge in [-0.25, -0.2) is 14.4 Å². The number of aromatic amines is 1. The number of pyridine rings is 1. The molecule has 2 aromatic carbocycles. The van der Waals surface area contributed by atoms with E-state index in [0.29, 0.717) is 16.2 Å². The van der Waals surface area contributed by atoms with E-state index in [-0.39, 0.29) is 23.7 Å². The predicted octanol–water partition coefficient (Wildman–Crippen LogP) is 4.18. The molecule has 4 rings (SSSR count). The molecule has 0 saturated carbocycles. The van der Waals surface area contributed by atoms with E-state index in [1.165, 1.54) is 11.0 Å². The Morgan fingerprint density at radius 2 is 2.04 bits per heavy atom. The minimum absolute atomic E-state index is 0.184. The van der Waals surface area contributed by atoms with E-state index < -0.39 is 5.82 Å². The van der Waals surface area contributed by atoms with Crippen LogP contribution in [0.5, 0.6) is 0 Å². The Morgan fingerprint density at radius 3 is 2.88 bits per heavy atom. The summed E-state index contributed by atoms with van der Waals surface area (Å²) >= 11 is 5.97. The third-order valence-corrected chi connectivity index (χ3v) is 4.35. The van der Waals surface area contributed by atoms with Crippen molar-refractivity contribution in [2.75, 3.05) is 7.05 Å². The van der Waals surface area contributed by atoms with Crippen LogP contribution < -0.4 is 0 Å². The van der Waals surface area contributed by atoms with Crippen molar-refractivity contribution in [2.24, 2.45) is 0 Å². The summed E-state index contributed by atoms with van der Waals surface area (Å²) in [6, 6.07) is 13.3. The van der Waals surface area contributed by atoms with Gasteiger partial charge >= 0.3 is 0 Å². The molecule has 0 atom stereocenters. The summed E-state index contributed by atoms with van der Waals surface area (Å²) in [6.07, 6.45) is 0. The van der Waals surface area contributed by atoms with Crippen molar-refractivity contribution < 1.29 is 9.18 Å². The number of carbonyl (C=O) groups is 1. The lowest BCUT2D eigenvalue weighted by molar-refractivity contribution is 0.0776. The number of aromatic nitrogens is 3. The summed E-state index contributed by atoms with van der Waals surface area (Å²) < 4.78 is 13.9. The lowest BCUT2D eigenvalue weighted by atomic mass is 10.2. The second-order valence-corrected chi connectivity index (χ2v) is 6.45. The van der Waals surface area contributed by atoms with Crippen LogP contribution in [0.1, 0.15) is 16.3 Å². The summed E-state index contributed by atoms with van der Waals surface area (Å²) in [4.78, 5) is 25.9. The van der Waals surface area contributed by atoms with Crippen molar-refractivity contribution in [3.63, 3.8) is 0 Å². The van der Waals surface area contributed by atoms with E-state index in [2.05, 4.69) is 15.0 Å². The number of rotatable bonds is 3. The van der Waals surface area contributed by atoms with Crippen molar-refractivity contribution in [1.29, 1.82) is 0 Å². The highest BCUT2D eigenvalue weighted by Crippen LogP contribution is 2.19. The molecule has 0 radical (unpaired) electrons. The van der Waals surface area contributed by atoms with Crippen LogP contribution in [0.25, 0.3) is 21.9 Å². The Kier molecular flexibility index (Phi) is 4.05. The number of nitrogens with one attached hydrogen (secondary N) is 1. The standard InChI is InChI=1S/C19H14ClFN4O/c1-25(10-17-22-14-8-6-12(20)9-16(14)23-17)19(26)15-7-5-11-3-2-4-13(21)18(11)24-15/h2-9H,10H2,1H3,(H,22,23). The molecule has 1 amide bonds. The van der Waals surface area contributed by atoms with Crippen LogP contribution in [0.2, 0.25) is 5.02 Å². The van der Waals surface area contributed by atoms with Crippen LogP contribution >= 0.6 is 11.6 Å².